The van der Waals surface area contributed by atoms with Gasteiger partial charge >= 0.3 is 46.4 Å². The fourth-order valence-electron chi connectivity index (χ4n) is 6.27. The van der Waals surface area contributed by atoms with Gasteiger partial charge in [-0.05, 0) is 101 Å². The zero-order chi connectivity index (χ0) is 57.4. The highest BCUT2D eigenvalue weighted by Crippen LogP contribution is 2.26. The molecule has 0 aromatic heterocycles. The molecule has 3 atom stereocenters. The van der Waals surface area contributed by atoms with Crippen molar-refractivity contribution in [3.05, 3.63) is 71.8 Å². The van der Waals surface area contributed by atoms with Gasteiger partial charge in [0.1, 0.15) is 35.6 Å². The van der Waals surface area contributed by atoms with Crippen LogP contribution in [0, 0.1) is 5.92 Å². The highest BCUT2D eigenvalue weighted by Gasteiger charge is 2.44. The van der Waals surface area contributed by atoms with E-state index in [1.54, 1.807) is 128 Å². The SMILES string of the molecule is CC(C)(C)OC(=O)C[C@@H](C(=O)OC(C)(C)C)C(CCOCCOCCOCCOCCN([C@H](NC(=O)OC(C)(C)C)C(=O)OC(C)(C)C)S(=O)(=O)NC(=O)OCc1ccccc1)S(=O)(=O)NC(=O)OCc1ccccc1. The Morgan fingerprint density at radius 1 is 0.500 bits per heavy atom. The van der Waals surface area contributed by atoms with E-state index in [9.17, 15) is 45.6 Å². The van der Waals surface area contributed by atoms with Crippen LogP contribution in [-0.2, 0) is 95.2 Å². The van der Waals surface area contributed by atoms with E-state index in [4.69, 9.17) is 47.4 Å². The molecule has 0 bridgehead atoms. The molecule has 0 aliphatic heterocycles. The number of esters is 3. The average molecular weight is 1120 g/mol. The van der Waals surface area contributed by atoms with Crippen molar-refractivity contribution >= 4 is 56.4 Å². The van der Waals surface area contributed by atoms with E-state index < -0.39 is 109 Å². The van der Waals surface area contributed by atoms with E-state index in [1.807, 2.05) is 4.72 Å². The molecule has 0 radical (unpaired) electrons. The lowest BCUT2D eigenvalue weighted by Gasteiger charge is -2.32. The summed E-state index contributed by atoms with van der Waals surface area (Å²) in [6.45, 7) is 17.1. The van der Waals surface area contributed by atoms with Crippen LogP contribution in [0.1, 0.15) is 107 Å². The molecule has 24 nitrogen and oxygen atoms in total. The average Bonchev–Trinajstić information content (AvgIpc) is 3.27. The molecule has 26 heteroatoms. The number of carbonyl (C=O) groups is 6. The number of hydrogen-bond donors (Lipinski definition) is 3. The fraction of sp³-hybridized carbons (Fsp3) is 0.640. The molecule has 430 valence electrons. The van der Waals surface area contributed by atoms with Gasteiger partial charge in [-0.1, -0.05) is 60.7 Å². The molecule has 2 aromatic rings. The van der Waals surface area contributed by atoms with Gasteiger partial charge < -0.3 is 47.4 Å². The maximum absolute atomic E-state index is 13.9. The highest BCUT2D eigenvalue weighted by atomic mass is 32.2. The van der Waals surface area contributed by atoms with Gasteiger partial charge in [-0.25, -0.2) is 37.0 Å². The predicted octanol–water partition coefficient (Wildman–Crippen LogP) is 5.42. The molecule has 0 saturated heterocycles. The molecule has 1 unspecified atom stereocenters. The maximum atomic E-state index is 13.9. The Balaban J connectivity index is 2.03. The summed E-state index contributed by atoms with van der Waals surface area (Å²) < 4.78 is 114. The van der Waals surface area contributed by atoms with Crippen LogP contribution in [0.2, 0.25) is 0 Å². The molecular weight excluding hydrogens is 1040 g/mol. The molecule has 2 aromatic carbocycles. The molecule has 0 fully saturated rings. The molecule has 3 amide bonds. The monoisotopic (exact) mass is 1120 g/mol. The van der Waals surface area contributed by atoms with Gasteiger partial charge in [0, 0.05) is 13.2 Å². The van der Waals surface area contributed by atoms with Gasteiger partial charge in [0.25, 0.3) is 0 Å². The molecule has 3 N–H and O–H groups in total. The Kier molecular flexibility index (Phi) is 27.1. The summed E-state index contributed by atoms with van der Waals surface area (Å²) in [4.78, 5) is 78.6. The van der Waals surface area contributed by atoms with Crippen molar-refractivity contribution in [2.75, 3.05) is 59.4 Å². The third-order valence-electron chi connectivity index (χ3n) is 9.23. The summed E-state index contributed by atoms with van der Waals surface area (Å²) in [5, 5.41) is 0.496. The topological polar surface area (TPSA) is 302 Å². The third-order valence-corrected chi connectivity index (χ3v) is 12.5. The van der Waals surface area contributed by atoms with Gasteiger partial charge in [0.2, 0.25) is 10.0 Å². The normalized spacial score (nSPS) is 13.6. The van der Waals surface area contributed by atoms with Gasteiger partial charge in [-0.15, -0.1) is 4.31 Å². The maximum Gasteiger partial charge on any atom is 0.422 e. The largest absolute Gasteiger partial charge is 0.460 e. The number of sulfonamides is 1. The Morgan fingerprint density at radius 2 is 0.908 bits per heavy atom. The molecule has 0 aliphatic rings. The van der Waals surface area contributed by atoms with Crippen molar-refractivity contribution in [2.45, 2.75) is 143 Å². The van der Waals surface area contributed by atoms with Crippen molar-refractivity contribution in [3.8, 4) is 0 Å². The minimum atomic E-state index is -4.96. The zero-order valence-electron chi connectivity index (χ0n) is 45.6. The zero-order valence-corrected chi connectivity index (χ0v) is 47.3. The minimum Gasteiger partial charge on any atom is -0.460 e. The number of alkyl carbamates (subject to hydrolysis) is 1. The van der Waals surface area contributed by atoms with Gasteiger partial charge in [-0.2, -0.15) is 8.42 Å². The second kappa shape index (κ2) is 30.9. The Morgan fingerprint density at radius 3 is 1.36 bits per heavy atom. The molecule has 0 saturated carbocycles. The first kappa shape index (κ1) is 66.5. The van der Waals surface area contributed by atoms with E-state index in [1.165, 1.54) is 20.8 Å². The molecule has 76 heavy (non-hydrogen) atoms. The lowest BCUT2D eigenvalue weighted by atomic mass is 9.98. The first-order valence-electron chi connectivity index (χ1n) is 24.4. The predicted molar refractivity (Wildman–Crippen MR) is 275 cm³/mol. The first-order chi connectivity index (χ1) is 35.2. The van der Waals surface area contributed by atoms with Crippen LogP contribution in [-0.4, -0.2) is 151 Å². The fourth-order valence-corrected chi connectivity index (χ4v) is 8.88. The Hall–Kier alpha value is -5.64. The number of nitrogens with one attached hydrogen (secondary N) is 3. The van der Waals surface area contributed by atoms with Crippen LogP contribution in [0.4, 0.5) is 14.4 Å². The van der Waals surface area contributed by atoms with E-state index >= 15 is 0 Å². The number of rotatable bonds is 30. The summed E-state index contributed by atoms with van der Waals surface area (Å²) in [6, 6.07) is 17.0. The summed E-state index contributed by atoms with van der Waals surface area (Å²) in [7, 11) is -9.70. The van der Waals surface area contributed by atoms with E-state index in [0.717, 1.165) is 0 Å². The number of amides is 3. The number of benzene rings is 2. The molecular formula is C50H78N4O20S2. The lowest BCUT2D eigenvalue weighted by Crippen LogP contribution is -2.60. The van der Waals surface area contributed by atoms with Crippen LogP contribution < -0.4 is 14.8 Å². The second-order valence-corrected chi connectivity index (χ2v) is 24.3. The summed E-state index contributed by atoms with van der Waals surface area (Å²) in [5.74, 6) is -4.71. The number of carbonyl (C=O) groups excluding carboxylic acids is 6. The smallest absolute Gasteiger partial charge is 0.422 e. The third kappa shape index (κ3) is 29.0. The molecule has 0 spiro atoms. The summed E-state index contributed by atoms with van der Waals surface area (Å²) in [6.07, 6.45) is -6.95. The van der Waals surface area contributed by atoms with Crippen LogP contribution in [0.15, 0.2) is 60.7 Å². The van der Waals surface area contributed by atoms with E-state index in [-0.39, 0.29) is 72.5 Å². The van der Waals surface area contributed by atoms with Crippen LogP contribution in [0.25, 0.3) is 0 Å². The van der Waals surface area contributed by atoms with Gasteiger partial charge in [0.05, 0.1) is 63.8 Å². The lowest BCUT2D eigenvalue weighted by molar-refractivity contribution is -0.167. The summed E-state index contributed by atoms with van der Waals surface area (Å²) >= 11 is 0. The standard InChI is InChI=1S/C50H78N4O20S2/c1-47(2,3)71-40(55)33-38(42(56)72-48(4,5)6)39(75(61,62)52-45(59)69-34-36-19-15-13-16-20-36)23-25-65-27-29-67-31-32-68-30-28-66-26-24-54(76(63,64)53-46(60)70-35-37-21-17-14-18-22-37)41(43(57)73-49(7,8)9)51-44(58)74-50(10,11)12/h13-22,38-39,41H,23-35H2,1-12H3,(H,51,58)(H,52,59)(H,53,60)/t38-,39?,41+/m1/s1. The van der Waals surface area contributed by atoms with E-state index in [0.29, 0.717) is 15.4 Å². The summed E-state index contributed by atoms with van der Waals surface area (Å²) in [5.41, 5.74) is -3.07. The van der Waals surface area contributed by atoms with Crippen LogP contribution >= 0.6 is 0 Å². The van der Waals surface area contributed by atoms with Gasteiger partial charge in [0.15, 0.2) is 6.17 Å². The second-order valence-electron chi connectivity index (χ2n) is 20.8. The number of hydrogen-bond acceptors (Lipinski definition) is 20. The molecule has 0 aliphatic carbocycles. The van der Waals surface area contributed by atoms with Crippen molar-refractivity contribution < 1.29 is 93.0 Å². The van der Waals surface area contributed by atoms with Gasteiger partial charge in [-0.3, -0.25) is 14.9 Å². The Bertz CT molecular complexity index is 2200. The van der Waals surface area contributed by atoms with Crippen molar-refractivity contribution in [1.82, 2.24) is 19.1 Å². The van der Waals surface area contributed by atoms with Crippen molar-refractivity contribution in [3.63, 3.8) is 0 Å². The number of nitrogens with zero attached hydrogens (tertiary/aromatic N) is 1. The van der Waals surface area contributed by atoms with Crippen molar-refractivity contribution in [2.24, 2.45) is 5.92 Å². The van der Waals surface area contributed by atoms with E-state index in [2.05, 4.69) is 5.32 Å². The minimum absolute atomic E-state index is 0.00582. The highest BCUT2D eigenvalue weighted by molar-refractivity contribution is 7.90. The van der Waals surface area contributed by atoms with Crippen LogP contribution in [0.3, 0.4) is 0 Å². The van der Waals surface area contributed by atoms with Crippen molar-refractivity contribution in [1.29, 1.82) is 0 Å². The molecule has 2 rings (SSSR count). The Labute approximate surface area is 447 Å². The number of ether oxygens (including phenoxy) is 10. The molecule has 0 heterocycles. The van der Waals surface area contributed by atoms with Crippen LogP contribution in [0.5, 0.6) is 0 Å². The first-order valence-corrected chi connectivity index (χ1v) is 27.4. The quantitative estimate of drug-likeness (QED) is 0.0380.